The molecule has 2 aromatic heterocycles. The molecule has 0 amide bonds. The maximum atomic E-state index is 9.69. The molecule has 5 rings (SSSR count). The molecule has 2 aliphatic rings. The van der Waals surface area contributed by atoms with Crippen LogP contribution in [0.4, 0.5) is 5.82 Å². The van der Waals surface area contributed by atoms with E-state index in [2.05, 4.69) is 45.2 Å². The van der Waals surface area contributed by atoms with Gasteiger partial charge in [-0.1, -0.05) is 0 Å². The minimum atomic E-state index is -0.391. The SMILES string of the molecule is Cn1cc(C2Cc3nccnc3N2)c2cc(OC3(CO)CCC3)ccc21. The number of nitrogens with one attached hydrogen (secondary N) is 1. The van der Waals surface area contributed by atoms with E-state index in [4.69, 9.17) is 4.74 Å². The molecule has 1 aromatic carbocycles. The molecule has 0 saturated heterocycles. The summed E-state index contributed by atoms with van der Waals surface area (Å²) in [5, 5.41) is 14.3. The number of fused-ring (bicyclic) bond motifs is 2. The molecule has 1 fully saturated rings. The first-order valence-corrected chi connectivity index (χ1v) is 9.13. The lowest BCUT2D eigenvalue weighted by atomic mass is 9.80. The van der Waals surface area contributed by atoms with Crippen molar-refractivity contribution in [3.05, 3.63) is 48.0 Å². The van der Waals surface area contributed by atoms with Crippen LogP contribution in [0.25, 0.3) is 10.9 Å². The van der Waals surface area contributed by atoms with E-state index >= 15 is 0 Å². The van der Waals surface area contributed by atoms with Gasteiger partial charge in [-0.3, -0.25) is 4.98 Å². The van der Waals surface area contributed by atoms with E-state index in [-0.39, 0.29) is 12.6 Å². The number of aliphatic hydroxyl groups is 1. The van der Waals surface area contributed by atoms with Gasteiger partial charge in [0.15, 0.2) is 0 Å². The number of nitrogens with zero attached hydrogens (tertiary/aromatic N) is 3. The normalized spacial score (nSPS) is 20.5. The van der Waals surface area contributed by atoms with Crippen molar-refractivity contribution in [2.75, 3.05) is 11.9 Å². The molecule has 6 nitrogen and oxygen atoms in total. The van der Waals surface area contributed by atoms with Crippen molar-refractivity contribution in [1.29, 1.82) is 0 Å². The number of hydrogen-bond acceptors (Lipinski definition) is 5. The van der Waals surface area contributed by atoms with Crippen molar-refractivity contribution in [3.63, 3.8) is 0 Å². The molecule has 0 radical (unpaired) electrons. The number of anilines is 1. The molecule has 0 spiro atoms. The summed E-state index contributed by atoms with van der Waals surface area (Å²) < 4.78 is 8.32. The number of rotatable bonds is 4. The predicted molar refractivity (Wildman–Crippen MR) is 99.3 cm³/mol. The highest BCUT2D eigenvalue weighted by molar-refractivity contribution is 5.86. The van der Waals surface area contributed by atoms with E-state index in [9.17, 15) is 5.11 Å². The number of aryl methyl sites for hydroxylation is 1. The van der Waals surface area contributed by atoms with Crippen LogP contribution in [0.1, 0.15) is 36.6 Å². The summed E-state index contributed by atoms with van der Waals surface area (Å²) in [7, 11) is 2.06. The van der Waals surface area contributed by atoms with E-state index in [1.807, 2.05) is 6.07 Å². The van der Waals surface area contributed by atoms with Crippen LogP contribution in [0.15, 0.2) is 36.8 Å². The molecule has 0 bridgehead atoms. The zero-order valence-electron chi connectivity index (χ0n) is 14.8. The first-order valence-electron chi connectivity index (χ1n) is 9.13. The van der Waals surface area contributed by atoms with Gasteiger partial charge in [-0.25, -0.2) is 4.98 Å². The Balaban J connectivity index is 1.51. The summed E-state index contributed by atoms with van der Waals surface area (Å²) in [6.07, 6.45) is 9.40. The summed E-state index contributed by atoms with van der Waals surface area (Å²) in [6.45, 7) is 0.0729. The maximum Gasteiger partial charge on any atom is 0.148 e. The molecule has 1 saturated carbocycles. The number of aliphatic hydroxyl groups excluding tert-OH is 1. The van der Waals surface area contributed by atoms with Crippen LogP contribution in [0, 0.1) is 0 Å². The van der Waals surface area contributed by atoms with Gasteiger partial charge in [0.1, 0.15) is 17.2 Å². The van der Waals surface area contributed by atoms with Crippen molar-refractivity contribution in [3.8, 4) is 5.75 Å². The molecular formula is C20H22N4O2. The van der Waals surface area contributed by atoms with Crippen LogP contribution in [0.2, 0.25) is 0 Å². The molecule has 1 aliphatic heterocycles. The third-order valence-corrected chi connectivity index (χ3v) is 5.74. The van der Waals surface area contributed by atoms with Crippen LogP contribution in [-0.4, -0.2) is 31.8 Å². The maximum absolute atomic E-state index is 9.69. The topological polar surface area (TPSA) is 72.2 Å². The Kier molecular flexibility index (Phi) is 3.43. The monoisotopic (exact) mass is 350 g/mol. The third kappa shape index (κ3) is 2.36. The minimum absolute atomic E-state index is 0.0729. The summed E-state index contributed by atoms with van der Waals surface area (Å²) in [5.41, 5.74) is 3.01. The second kappa shape index (κ2) is 5.71. The molecule has 1 aliphatic carbocycles. The highest BCUT2D eigenvalue weighted by atomic mass is 16.5. The van der Waals surface area contributed by atoms with Gasteiger partial charge in [0.05, 0.1) is 18.3 Å². The lowest BCUT2D eigenvalue weighted by Crippen LogP contribution is -2.46. The zero-order chi connectivity index (χ0) is 17.7. The Labute approximate surface area is 151 Å². The van der Waals surface area contributed by atoms with Gasteiger partial charge in [-0.05, 0) is 37.5 Å². The zero-order valence-corrected chi connectivity index (χ0v) is 14.8. The first-order chi connectivity index (χ1) is 12.7. The summed E-state index contributed by atoms with van der Waals surface area (Å²) in [4.78, 5) is 8.82. The van der Waals surface area contributed by atoms with Gasteiger partial charge in [0, 0.05) is 48.5 Å². The lowest BCUT2D eigenvalue weighted by molar-refractivity contribution is -0.0514. The van der Waals surface area contributed by atoms with Crippen LogP contribution >= 0.6 is 0 Å². The van der Waals surface area contributed by atoms with Gasteiger partial charge in [0.25, 0.3) is 0 Å². The fourth-order valence-electron chi connectivity index (χ4n) is 4.09. The van der Waals surface area contributed by atoms with E-state index in [1.54, 1.807) is 12.4 Å². The molecule has 6 heteroatoms. The molecule has 134 valence electrons. The first kappa shape index (κ1) is 15.6. The van der Waals surface area contributed by atoms with Gasteiger partial charge in [0.2, 0.25) is 0 Å². The third-order valence-electron chi connectivity index (χ3n) is 5.74. The number of hydrogen-bond donors (Lipinski definition) is 2. The second-order valence-corrected chi connectivity index (χ2v) is 7.42. The Morgan fingerprint density at radius 1 is 1.31 bits per heavy atom. The van der Waals surface area contributed by atoms with Crippen molar-refractivity contribution >= 4 is 16.7 Å². The second-order valence-electron chi connectivity index (χ2n) is 7.42. The highest BCUT2D eigenvalue weighted by Gasteiger charge is 2.39. The number of ether oxygens (including phenoxy) is 1. The Morgan fingerprint density at radius 2 is 2.15 bits per heavy atom. The molecule has 2 N–H and O–H groups in total. The Morgan fingerprint density at radius 3 is 2.88 bits per heavy atom. The van der Waals surface area contributed by atoms with Crippen molar-refractivity contribution in [1.82, 2.24) is 14.5 Å². The minimum Gasteiger partial charge on any atom is -0.485 e. The number of aromatic nitrogens is 3. The Bertz CT molecular complexity index is 947. The smallest absolute Gasteiger partial charge is 0.148 e. The molecular weight excluding hydrogens is 328 g/mol. The summed E-state index contributed by atoms with van der Waals surface area (Å²) in [5.74, 6) is 1.70. The quantitative estimate of drug-likeness (QED) is 0.757. The standard InChI is InChI=1S/C20H22N4O2/c1-24-11-15(16-10-17-19(23-16)22-8-7-21-17)14-9-13(3-4-18(14)24)26-20(12-25)5-2-6-20/h3-4,7-9,11,16,25H,2,5-6,10,12H2,1H3,(H,22,23). The largest absolute Gasteiger partial charge is 0.485 e. The molecule has 1 unspecified atom stereocenters. The van der Waals surface area contributed by atoms with Crippen molar-refractivity contribution < 1.29 is 9.84 Å². The van der Waals surface area contributed by atoms with Gasteiger partial charge in [-0.15, -0.1) is 0 Å². The summed E-state index contributed by atoms with van der Waals surface area (Å²) in [6, 6.07) is 6.35. The fourth-order valence-corrected chi connectivity index (χ4v) is 4.09. The predicted octanol–water partition coefficient (Wildman–Crippen LogP) is 2.97. The van der Waals surface area contributed by atoms with E-state index < -0.39 is 5.60 Å². The van der Waals surface area contributed by atoms with Gasteiger partial charge in [-0.2, -0.15) is 0 Å². The van der Waals surface area contributed by atoms with E-state index in [1.165, 1.54) is 10.9 Å². The van der Waals surface area contributed by atoms with Crippen molar-refractivity contribution in [2.45, 2.75) is 37.3 Å². The van der Waals surface area contributed by atoms with E-state index in [0.29, 0.717) is 0 Å². The van der Waals surface area contributed by atoms with Crippen LogP contribution in [0.3, 0.4) is 0 Å². The van der Waals surface area contributed by atoms with E-state index in [0.717, 1.165) is 48.5 Å². The van der Waals surface area contributed by atoms with Crippen molar-refractivity contribution in [2.24, 2.45) is 7.05 Å². The molecule has 1 atom stereocenters. The van der Waals surface area contributed by atoms with Crippen LogP contribution < -0.4 is 10.1 Å². The average molecular weight is 350 g/mol. The Hall–Kier alpha value is -2.60. The molecule has 3 heterocycles. The highest BCUT2D eigenvalue weighted by Crippen LogP contribution is 2.39. The average Bonchev–Trinajstić information content (AvgIpc) is 3.19. The summed E-state index contributed by atoms with van der Waals surface area (Å²) >= 11 is 0. The lowest BCUT2D eigenvalue weighted by Gasteiger charge is -2.40. The molecule has 26 heavy (non-hydrogen) atoms. The van der Waals surface area contributed by atoms with Gasteiger partial charge < -0.3 is 19.7 Å². The fraction of sp³-hybridized carbons (Fsp3) is 0.400. The van der Waals surface area contributed by atoms with Gasteiger partial charge >= 0.3 is 0 Å². The van der Waals surface area contributed by atoms with Crippen LogP contribution in [0.5, 0.6) is 5.75 Å². The number of benzene rings is 1. The van der Waals surface area contributed by atoms with Crippen LogP contribution in [-0.2, 0) is 13.5 Å². The molecule has 3 aromatic rings.